The van der Waals surface area contributed by atoms with Crippen molar-refractivity contribution >= 4 is 58.5 Å². The molecule has 2 aromatic carbocycles. The summed E-state index contributed by atoms with van der Waals surface area (Å²) in [6.07, 6.45) is 1.09. The van der Waals surface area contributed by atoms with E-state index in [0.717, 1.165) is 33.4 Å². The van der Waals surface area contributed by atoms with Crippen LogP contribution in [0, 0.1) is 27.0 Å². The van der Waals surface area contributed by atoms with Crippen LogP contribution in [0.4, 0.5) is 23.0 Å². The maximum Gasteiger partial charge on any atom is 0.255 e. The van der Waals surface area contributed by atoms with Crippen LogP contribution in [-0.2, 0) is 19.2 Å². The third kappa shape index (κ3) is 7.06. The maximum atomic E-state index is 13.0. The minimum Gasteiger partial charge on any atom is -0.382 e. The van der Waals surface area contributed by atoms with Crippen molar-refractivity contribution in [2.45, 2.75) is 77.5 Å². The minimum atomic E-state index is -0.657. The van der Waals surface area contributed by atoms with Crippen LogP contribution in [0.25, 0.3) is 32.2 Å². The highest BCUT2D eigenvalue weighted by molar-refractivity contribution is 6.07. The fourth-order valence-electron chi connectivity index (χ4n) is 8.43. The summed E-state index contributed by atoms with van der Waals surface area (Å²) in [7, 11) is 3.45. The van der Waals surface area contributed by atoms with Crippen molar-refractivity contribution in [1.82, 2.24) is 30.4 Å². The lowest BCUT2D eigenvalue weighted by Crippen LogP contribution is -2.53. The zero-order chi connectivity index (χ0) is 43.2. The van der Waals surface area contributed by atoms with Crippen LogP contribution in [0.5, 0.6) is 0 Å². The van der Waals surface area contributed by atoms with E-state index in [0.29, 0.717) is 58.4 Å². The number of imide groups is 2. The van der Waals surface area contributed by atoms with Crippen LogP contribution in [0.2, 0.25) is 0 Å². The second-order valence-electron chi connectivity index (χ2n) is 15.1. The molecule has 6 heterocycles. The average Bonchev–Trinajstić information content (AvgIpc) is 3.63. The highest BCUT2D eigenvalue weighted by Gasteiger charge is 2.44. The van der Waals surface area contributed by atoms with E-state index in [9.17, 15) is 28.8 Å². The molecule has 6 amide bonds. The normalized spacial score (nSPS) is 20.6. The third-order valence-electron chi connectivity index (χ3n) is 11.5. The van der Waals surface area contributed by atoms with Gasteiger partial charge in [-0.1, -0.05) is 12.1 Å². The van der Waals surface area contributed by atoms with Gasteiger partial charge in [0.25, 0.3) is 11.8 Å². The largest absolute Gasteiger partial charge is 0.382 e. The van der Waals surface area contributed by atoms with Crippen molar-refractivity contribution in [1.29, 1.82) is 0 Å². The van der Waals surface area contributed by atoms with E-state index in [1.165, 1.54) is 0 Å². The van der Waals surface area contributed by atoms with Crippen LogP contribution in [0.15, 0.2) is 48.5 Å². The van der Waals surface area contributed by atoms with Crippen molar-refractivity contribution in [3.05, 3.63) is 105 Å². The summed E-state index contributed by atoms with van der Waals surface area (Å²) in [5, 5.41) is 10.6. The second-order valence-corrected chi connectivity index (χ2v) is 15.1. The van der Waals surface area contributed by atoms with Crippen LogP contribution in [0.3, 0.4) is 0 Å². The summed E-state index contributed by atoms with van der Waals surface area (Å²) in [4.78, 5) is 93.0. The highest BCUT2D eigenvalue weighted by atomic mass is 16.2. The number of pyridine rings is 2. The van der Waals surface area contributed by atoms with Gasteiger partial charge in [-0.25, -0.2) is 19.7 Å². The maximum absolute atomic E-state index is 13.0. The summed E-state index contributed by atoms with van der Waals surface area (Å²) < 4.78 is 0. The lowest BCUT2D eigenvalue weighted by Gasteiger charge is -2.32. The number of nitrogens with zero attached hydrogens (tertiary/aromatic N) is 6. The van der Waals surface area contributed by atoms with Gasteiger partial charge in [-0.15, -0.1) is 0 Å². The lowest BCUT2D eigenvalue weighted by molar-refractivity contribution is -0.138. The molecule has 8 rings (SSSR count). The van der Waals surface area contributed by atoms with E-state index < -0.39 is 23.9 Å². The fraction of sp³-hybridized carbons (Fsp3) is 0.318. The predicted octanol–water partition coefficient (Wildman–Crippen LogP) is 5.94. The molecule has 2 unspecified atom stereocenters. The molecule has 0 aliphatic carbocycles. The smallest absolute Gasteiger partial charge is 0.255 e. The van der Waals surface area contributed by atoms with Crippen molar-refractivity contribution in [3.63, 3.8) is 0 Å². The Labute approximate surface area is 346 Å². The second kappa shape index (κ2) is 16.1. The molecule has 0 saturated carbocycles. The first-order chi connectivity index (χ1) is 28.7. The molecule has 16 heteroatoms. The Hall–Kier alpha value is -7.46. The molecule has 2 aromatic heterocycles. The van der Waals surface area contributed by atoms with Crippen molar-refractivity contribution in [3.8, 4) is 22.5 Å². The summed E-state index contributed by atoms with van der Waals surface area (Å²) >= 11 is 0. The van der Waals surface area contributed by atoms with Crippen LogP contribution < -0.4 is 21.3 Å². The Morgan fingerprint density at radius 2 is 1.02 bits per heavy atom. The van der Waals surface area contributed by atoms with E-state index in [-0.39, 0.29) is 48.6 Å². The SMILES string of the molecule is [C-]#[N+]c1c(C)cc(-c2ccc3c(c2)[C@@H](C)N(C2CCC(=O)NC2=O)C3=O)nc1NC.[C-]#[N+]c1c(C)cc(-c2ccc3c(c2)[C@H](C)N(C2CCC(=O)NC2=O)C3=O)nc1NC. The molecule has 304 valence electrons. The Bertz CT molecular complexity index is 2450. The predicted molar refractivity (Wildman–Crippen MR) is 222 cm³/mol. The summed E-state index contributed by atoms with van der Waals surface area (Å²) in [5.41, 5.74) is 8.40. The fourth-order valence-corrected chi connectivity index (χ4v) is 8.43. The molecule has 0 bridgehead atoms. The van der Waals surface area contributed by atoms with Gasteiger partial charge in [0.2, 0.25) is 35.0 Å². The molecule has 2 saturated heterocycles. The minimum absolute atomic E-state index is 0.207. The van der Waals surface area contributed by atoms with E-state index in [1.54, 1.807) is 36.0 Å². The molecule has 2 fully saturated rings. The Kier molecular flexibility index (Phi) is 10.9. The van der Waals surface area contributed by atoms with E-state index in [4.69, 9.17) is 13.1 Å². The number of aryl methyl sites for hydroxylation is 2. The van der Waals surface area contributed by atoms with Gasteiger partial charge in [0.1, 0.15) is 23.7 Å². The number of piperidine rings is 2. The zero-order valence-corrected chi connectivity index (χ0v) is 33.9. The van der Waals surface area contributed by atoms with Crippen LogP contribution >= 0.6 is 0 Å². The van der Waals surface area contributed by atoms with Crippen LogP contribution in [-0.4, -0.2) is 81.4 Å². The quantitative estimate of drug-likeness (QED) is 0.134. The highest BCUT2D eigenvalue weighted by Crippen LogP contribution is 2.41. The van der Waals surface area contributed by atoms with E-state index in [1.807, 2.05) is 64.1 Å². The summed E-state index contributed by atoms with van der Waals surface area (Å²) in [5.74, 6) is -0.858. The van der Waals surface area contributed by atoms with Gasteiger partial charge in [0.15, 0.2) is 0 Å². The number of benzene rings is 2. The molecular formula is C44H42N10O6. The molecule has 0 spiro atoms. The number of aromatic nitrogens is 2. The lowest BCUT2D eigenvalue weighted by atomic mass is 9.99. The van der Waals surface area contributed by atoms with Crippen molar-refractivity contribution < 1.29 is 28.8 Å². The van der Waals surface area contributed by atoms with Crippen molar-refractivity contribution in [2.75, 3.05) is 24.7 Å². The molecule has 4 atom stereocenters. The number of nitrogens with one attached hydrogen (secondary N) is 4. The van der Waals surface area contributed by atoms with E-state index in [2.05, 4.69) is 40.9 Å². The summed E-state index contributed by atoms with van der Waals surface area (Å²) in [6.45, 7) is 22.2. The van der Waals surface area contributed by atoms with Gasteiger partial charge in [-0.3, -0.25) is 39.4 Å². The van der Waals surface area contributed by atoms with Gasteiger partial charge < -0.3 is 20.4 Å². The number of anilines is 2. The molecule has 4 aliphatic rings. The molecule has 0 radical (unpaired) electrons. The monoisotopic (exact) mass is 806 g/mol. The zero-order valence-electron chi connectivity index (χ0n) is 33.9. The Morgan fingerprint density at radius 3 is 1.35 bits per heavy atom. The van der Waals surface area contributed by atoms with Gasteiger partial charge in [0, 0.05) is 49.2 Å². The number of amides is 6. The van der Waals surface area contributed by atoms with Gasteiger partial charge in [-0.05, 0) is 99.2 Å². The molecular weight excluding hydrogens is 765 g/mol. The van der Waals surface area contributed by atoms with Crippen molar-refractivity contribution in [2.24, 2.45) is 0 Å². The molecule has 4 N–H and O–H groups in total. The number of carbonyl (C=O) groups excluding carboxylic acids is 6. The first kappa shape index (κ1) is 40.7. The van der Waals surface area contributed by atoms with Gasteiger partial charge in [-0.2, -0.15) is 0 Å². The average molecular weight is 807 g/mol. The third-order valence-corrected chi connectivity index (χ3v) is 11.5. The first-order valence-corrected chi connectivity index (χ1v) is 19.5. The molecule has 4 aliphatic heterocycles. The number of hydrogen-bond donors (Lipinski definition) is 4. The summed E-state index contributed by atoms with van der Waals surface area (Å²) in [6, 6.07) is 12.8. The number of fused-ring (bicyclic) bond motifs is 2. The topological polar surface area (TPSA) is 192 Å². The van der Waals surface area contributed by atoms with Crippen LogP contribution in [0.1, 0.15) is 94.6 Å². The molecule has 4 aromatic rings. The Balaban J connectivity index is 0.000000181. The Morgan fingerprint density at radius 1 is 0.633 bits per heavy atom. The number of rotatable bonds is 6. The molecule has 60 heavy (non-hydrogen) atoms. The number of hydrogen-bond acceptors (Lipinski definition) is 10. The van der Waals surface area contributed by atoms with Gasteiger partial charge >= 0.3 is 0 Å². The molecule has 16 nitrogen and oxygen atoms in total. The standard InChI is InChI=1S/2C22H21N5O3/c2*1-11-9-16(25-20(24-4)19(11)23-3)13-5-6-14-15(10-13)12(2)27(22(14)30)17-7-8-18(28)26-21(17)29/h2*5-6,9-10,12,17H,7-8H2,1-2,4H3,(H,24,25)(H,26,28,29)/t2*12-,17?/m10/s1. The first-order valence-electron chi connectivity index (χ1n) is 19.5. The van der Waals surface area contributed by atoms with E-state index >= 15 is 0 Å². The number of carbonyl (C=O) groups is 6. The van der Waals surface area contributed by atoms with Gasteiger partial charge in [0.05, 0.1) is 36.6 Å².